The Balaban J connectivity index is 4.74. The molecule has 1 nitrogen and oxygen atoms in total. The lowest BCUT2D eigenvalue weighted by Crippen LogP contribution is -2.54. The second kappa shape index (κ2) is 4.65. The molecular weight excluding hydrogens is 170 g/mol. The van der Waals surface area contributed by atoms with Crippen molar-refractivity contribution in [3.63, 3.8) is 0 Å². The summed E-state index contributed by atoms with van der Waals surface area (Å²) < 4.78 is 0. The van der Waals surface area contributed by atoms with E-state index in [0.717, 1.165) is 0 Å². The Bertz CT molecular complexity index is 168. The summed E-state index contributed by atoms with van der Waals surface area (Å²) in [6.45, 7) is 17.6. The molecule has 0 atom stereocenters. The van der Waals surface area contributed by atoms with Gasteiger partial charge in [0.05, 0.1) is 0 Å². The minimum atomic E-state index is 0.261. The van der Waals surface area contributed by atoms with Gasteiger partial charge in [-0.25, -0.2) is 0 Å². The van der Waals surface area contributed by atoms with Crippen molar-refractivity contribution < 1.29 is 0 Å². The Labute approximate surface area is 90.9 Å². The molecule has 0 heterocycles. The highest BCUT2D eigenvalue weighted by molar-refractivity contribution is 4.95. The molecule has 0 aliphatic heterocycles. The highest BCUT2D eigenvalue weighted by atomic mass is 15.2. The lowest BCUT2D eigenvalue weighted by Gasteiger charge is -2.50. The zero-order chi connectivity index (χ0) is 11.6. The van der Waals surface area contributed by atoms with E-state index < -0.39 is 0 Å². The second-order valence-electron chi connectivity index (χ2n) is 5.86. The summed E-state index contributed by atoms with van der Waals surface area (Å²) in [4.78, 5) is 2.49. The van der Waals surface area contributed by atoms with Crippen molar-refractivity contribution >= 4 is 0 Å². The van der Waals surface area contributed by atoms with Gasteiger partial charge in [0.2, 0.25) is 0 Å². The fourth-order valence-electron chi connectivity index (χ4n) is 1.81. The van der Waals surface area contributed by atoms with Gasteiger partial charge in [-0.15, -0.1) is 0 Å². The molecule has 0 saturated carbocycles. The van der Waals surface area contributed by atoms with Gasteiger partial charge in [-0.2, -0.15) is 0 Å². The molecule has 0 radical (unpaired) electrons. The van der Waals surface area contributed by atoms with Crippen LogP contribution >= 0.6 is 0 Å². The van der Waals surface area contributed by atoms with Crippen molar-refractivity contribution in [2.45, 2.75) is 60.4 Å². The van der Waals surface area contributed by atoms with Gasteiger partial charge in [-0.1, -0.05) is 34.6 Å². The van der Waals surface area contributed by atoms with Gasteiger partial charge >= 0.3 is 0 Å². The SMILES string of the molecule is CCCN(C)C(C)(C)C(C)(C)C(C)C. The summed E-state index contributed by atoms with van der Waals surface area (Å²) in [6, 6.07) is 0. The first-order valence-corrected chi connectivity index (χ1v) is 5.89. The van der Waals surface area contributed by atoms with Crippen molar-refractivity contribution in [3.05, 3.63) is 0 Å². The Kier molecular flexibility index (Phi) is 4.64. The maximum absolute atomic E-state index is 2.49. The van der Waals surface area contributed by atoms with Crippen LogP contribution in [0.2, 0.25) is 0 Å². The van der Waals surface area contributed by atoms with E-state index >= 15 is 0 Å². The molecule has 14 heavy (non-hydrogen) atoms. The van der Waals surface area contributed by atoms with E-state index in [2.05, 4.69) is 60.4 Å². The normalized spacial score (nSPS) is 14.1. The highest BCUT2D eigenvalue weighted by Crippen LogP contribution is 2.41. The van der Waals surface area contributed by atoms with Crippen LogP contribution in [0.25, 0.3) is 0 Å². The number of nitrogens with zero attached hydrogens (tertiary/aromatic N) is 1. The van der Waals surface area contributed by atoms with Crippen LogP contribution in [-0.2, 0) is 0 Å². The van der Waals surface area contributed by atoms with Crippen LogP contribution in [0.15, 0.2) is 0 Å². The van der Waals surface area contributed by atoms with Gasteiger partial charge in [0.15, 0.2) is 0 Å². The third-order valence-electron chi connectivity index (χ3n) is 4.53. The van der Waals surface area contributed by atoms with E-state index in [1.165, 1.54) is 13.0 Å². The first kappa shape index (κ1) is 14.0. The predicted octanol–water partition coefficient (Wildman–Crippen LogP) is 3.79. The summed E-state index contributed by atoms with van der Waals surface area (Å²) in [5.74, 6) is 0.705. The molecule has 0 aliphatic carbocycles. The highest BCUT2D eigenvalue weighted by Gasteiger charge is 2.41. The maximum atomic E-state index is 2.49. The first-order valence-electron chi connectivity index (χ1n) is 5.89. The smallest absolute Gasteiger partial charge is 0.0203 e. The van der Waals surface area contributed by atoms with Gasteiger partial charge in [0, 0.05) is 5.54 Å². The van der Waals surface area contributed by atoms with Crippen LogP contribution in [0.1, 0.15) is 54.9 Å². The minimum absolute atomic E-state index is 0.261. The average Bonchev–Trinajstić information content (AvgIpc) is 2.04. The molecule has 0 N–H and O–H groups in total. The number of hydrogen-bond acceptors (Lipinski definition) is 1. The van der Waals surface area contributed by atoms with Gasteiger partial charge in [-0.3, -0.25) is 0 Å². The Morgan fingerprint density at radius 2 is 1.50 bits per heavy atom. The zero-order valence-electron chi connectivity index (χ0n) is 11.4. The van der Waals surface area contributed by atoms with Crippen LogP contribution in [0.3, 0.4) is 0 Å². The third kappa shape index (κ3) is 2.50. The van der Waals surface area contributed by atoms with Gasteiger partial charge in [0.1, 0.15) is 0 Å². The van der Waals surface area contributed by atoms with Crippen LogP contribution in [0.5, 0.6) is 0 Å². The van der Waals surface area contributed by atoms with Crippen LogP contribution in [0, 0.1) is 11.3 Å². The number of hydrogen-bond donors (Lipinski definition) is 0. The van der Waals surface area contributed by atoms with E-state index in [1.807, 2.05) is 0 Å². The molecule has 0 fully saturated rings. The van der Waals surface area contributed by atoms with Crippen molar-refractivity contribution in [1.82, 2.24) is 4.90 Å². The average molecular weight is 199 g/mol. The minimum Gasteiger partial charge on any atom is -0.301 e. The molecule has 0 amide bonds. The largest absolute Gasteiger partial charge is 0.301 e. The number of rotatable bonds is 5. The van der Waals surface area contributed by atoms with E-state index in [9.17, 15) is 0 Å². The van der Waals surface area contributed by atoms with E-state index in [-0.39, 0.29) is 5.54 Å². The second-order valence-corrected chi connectivity index (χ2v) is 5.86. The molecule has 0 aromatic rings. The topological polar surface area (TPSA) is 3.24 Å². The van der Waals surface area contributed by atoms with Gasteiger partial charge in [-0.05, 0) is 45.2 Å². The molecule has 0 aliphatic rings. The fourth-order valence-corrected chi connectivity index (χ4v) is 1.81. The van der Waals surface area contributed by atoms with Crippen molar-refractivity contribution in [2.75, 3.05) is 13.6 Å². The van der Waals surface area contributed by atoms with Crippen molar-refractivity contribution in [2.24, 2.45) is 11.3 Å². The van der Waals surface area contributed by atoms with Crippen LogP contribution < -0.4 is 0 Å². The Morgan fingerprint density at radius 1 is 1.07 bits per heavy atom. The summed E-state index contributed by atoms with van der Waals surface area (Å²) in [5, 5.41) is 0. The van der Waals surface area contributed by atoms with E-state index in [4.69, 9.17) is 0 Å². The molecule has 1 heteroatoms. The molecule has 0 aromatic carbocycles. The third-order valence-corrected chi connectivity index (χ3v) is 4.53. The fraction of sp³-hybridized carbons (Fsp3) is 1.00. The Hall–Kier alpha value is -0.0400. The maximum Gasteiger partial charge on any atom is 0.0203 e. The molecule has 0 spiro atoms. The molecule has 0 saturated heterocycles. The molecule has 0 aromatic heterocycles. The molecule has 0 bridgehead atoms. The van der Waals surface area contributed by atoms with Crippen molar-refractivity contribution in [3.8, 4) is 0 Å². The van der Waals surface area contributed by atoms with Gasteiger partial charge < -0.3 is 4.90 Å². The lowest BCUT2D eigenvalue weighted by atomic mass is 9.66. The van der Waals surface area contributed by atoms with E-state index in [1.54, 1.807) is 0 Å². The van der Waals surface area contributed by atoms with E-state index in [0.29, 0.717) is 11.3 Å². The predicted molar refractivity (Wildman–Crippen MR) is 65.6 cm³/mol. The zero-order valence-corrected chi connectivity index (χ0v) is 11.4. The Morgan fingerprint density at radius 3 is 1.79 bits per heavy atom. The standard InChI is InChI=1S/C13H29N/c1-9-10-14(8)13(6,7)12(4,5)11(2)3/h11H,9-10H2,1-8H3. The van der Waals surface area contributed by atoms with Gasteiger partial charge in [0.25, 0.3) is 0 Å². The van der Waals surface area contributed by atoms with Crippen LogP contribution in [-0.4, -0.2) is 24.0 Å². The molecule has 86 valence electrons. The summed E-state index contributed by atoms with van der Waals surface area (Å²) >= 11 is 0. The summed E-state index contributed by atoms with van der Waals surface area (Å²) in [5.41, 5.74) is 0.605. The summed E-state index contributed by atoms with van der Waals surface area (Å²) in [7, 11) is 2.24. The lowest BCUT2D eigenvalue weighted by molar-refractivity contribution is -0.00116. The monoisotopic (exact) mass is 199 g/mol. The quantitative estimate of drug-likeness (QED) is 0.651. The molecule has 0 rings (SSSR count). The molecular formula is C13H29N. The molecule has 0 unspecified atom stereocenters. The van der Waals surface area contributed by atoms with Crippen LogP contribution in [0.4, 0.5) is 0 Å². The van der Waals surface area contributed by atoms with Crippen molar-refractivity contribution in [1.29, 1.82) is 0 Å². The summed E-state index contributed by atoms with van der Waals surface area (Å²) in [6.07, 6.45) is 1.23. The first-order chi connectivity index (χ1) is 6.17.